The zero-order valence-corrected chi connectivity index (χ0v) is 15.3. The summed E-state index contributed by atoms with van der Waals surface area (Å²) in [6.45, 7) is 9.78. The predicted molar refractivity (Wildman–Crippen MR) is 93.5 cm³/mol. The normalized spacial score (nSPS) is 13.2. The van der Waals surface area contributed by atoms with Crippen LogP contribution in [-0.4, -0.2) is 15.2 Å². The van der Waals surface area contributed by atoms with Crippen molar-refractivity contribution in [3.05, 3.63) is 46.0 Å². The maximum atomic E-state index is 13.0. The van der Waals surface area contributed by atoms with Crippen LogP contribution in [0.3, 0.4) is 0 Å². The molecule has 2 aromatic carbocycles. The molecule has 0 saturated heterocycles. The molecular formula is C18H21NO4S. The van der Waals surface area contributed by atoms with Gasteiger partial charge in [-0.2, -0.15) is 0 Å². The van der Waals surface area contributed by atoms with E-state index in [1.807, 2.05) is 34.6 Å². The van der Waals surface area contributed by atoms with Gasteiger partial charge in [0.25, 0.3) is 10.0 Å². The molecule has 5 nitrogen and oxygen atoms in total. The lowest BCUT2D eigenvalue weighted by molar-refractivity contribution is 0.174. The van der Waals surface area contributed by atoms with Crippen LogP contribution in [0.1, 0.15) is 27.8 Å². The van der Waals surface area contributed by atoms with Crippen LogP contribution in [0.4, 0.5) is 5.69 Å². The molecule has 0 aromatic heterocycles. The van der Waals surface area contributed by atoms with Crippen LogP contribution in [0.2, 0.25) is 0 Å². The first kappa shape index (κ1) is 16.6. The van der Waals surface area contributed by atoms with Gasteiger partial charge in [0.2, 0.25) is 6.79 Å². The van der Waals surface area contributed by atoms with Gasteiger partial charge < -0.3 is 9.47 Å². The number of rotatable bonds is 3. The van der Waals surface area contributed by atoms with Crippen molar-refractivity contribution in [2.24, 2.45) is 0 Å². The Balaban J connectivity index is 2.06. The Morgan fingerprint density at radius 3 is 2.00 bits per heavy atom. The molecule has 1 N–H and O–H groups in total. The van der Waals surface area contributed by atoms with Gasteiger partial charge in [0.05, 0.1) is 10.6 Å². The number of fused-ring (bicyclic) bond motifs is 1. The Kier molecular flexibility index (Phi) is 3.95. The van der Waals surface area contributed by atoms with E-state index in [9.17, 15) is 8.42 Å². The number of hydrogen-bond acceptors (Lipinski definition) is 4. The molecule has 1 aliphatic heterocycles. The quantitative estimate of drug-likeness (QED) is 0.918. The van der Waals surface area contributed by atoms with E-state index in [4.69, 9.17) is 9.47 Å². The highest BCUT2D eigenvalue weighted by atomic mass is 32.2. The minimum absolute atomic E-state index is 0.153. The van der Waals surface area contributed by atoms with Crippen molar-refractivity contribution < 1.29 is 17.9 Å². The fraction of sp³-hybridized carbons (Fsp3) is 0.333. The minimum atomic E-state index is -3.70. The maximum absolute atomic E-state index is 13.0. The van der Waals surface area contributed by atoms with E-state index in [1.165, 1.54) is 0 Å². The molecule has 1 aliphatic rings. The fourth-order valence-electron chi connectivity index (χ4n) is 3.03. The van der Waals surface area contributed by atoms with E-state index >= 15 is 0 Å². The Labute approximate surface area is 142 Å². The molecule has 0 radical (unpaired) electrons. The van der Waals surface area contributed by atoms with Crippen LogP contribution in [0.25, 0.3) is 0 Å². The SMILES string of the molecule is Cc1c(C)c(C)c(S(=O)(=O)Nc2ccc3c(c2)OCO3)c(C)c1C. The van der Waals surface area contributed by atoms with Crippen molar-refractivity contribution in [2.45, 2.75) is 39.5 Å². The third kappa shape index (κ3) is 2.60. The molecule has 0 spiro atoms. The van der Waals surface area contributed by atoms with Gasteiger partial charge in [-0.15, -0.1) is 0 Å². The molecule has 0 fully saturated rings. The van der Waals surface area contributed by atoms with Crippen molar-refractivity contribution in [3.8, 4) is 11.5 Å². The summed E-state index contributed by atoms with van der Waals surface area (Å²) in [5, 5.41) is 0. The van der Waals surface area contributed by atoms with Crippen LogP contribution < -0.4 is 14.2 Å². The molecule has 1 heterocycles. The Morgan fingerprint density at radius 2 is 1.38 bits per heavy atom. The number of anilines is 1. The first-order valence-corrected chi connectivity index (χ1v) is 9.20. The second kappa shape index (κ2) is 5.70. The van der Waals surface area contributed by atoms with Gasteiger partial charge >= 0.3 is 0 Å². The minimum Gasteiger partial charge on any atom is -0.454 e. The predicted octanol–water partition coefficient (Wildman–Crippen LogP) is 3.76. The van der Waals surface area contributed by atoms with E-state index in [0.717, 1.165) is 27.8 Å². The molecule has 6 heteroatoms. The molecule has 0 bridgehead atoms. The summed E-state index contributed by atoms with van der Waals surface area (Å²) >= 11 is 0. The largest absolute Gasteiger partial charge is 0.454 e. The molecule has 0 aliphatic carbocycles. The molecule has 24 heavy (non-hydrogen) atoms. The van der Waals surface area contributed by atoms with Gasteiger partial charge in [-0.3, -0.25) is 4.72 Å². The van der Waals surface area contributed by atoms with Gasteiger partial charge in [0.1, 0.15) is 0 Å². The lowest BCUT2D eigenvalue weighted by atomic mass is 9.95. The summed E-state index contributed by atoms with van der Waals surface area (Å²) in [7, 11) is -3.70. The number of hydrogen-bond donors (Lipinski definition) is 1. The highest BCUT2D eigenvalue weighted by Crippen LogP contribution is 2.36. The maximum Gasteiger partial charge on any atom is 0.262 e. The fourth-order valence-corrected chi connectivity index (χ4v) is 4.69. The highest BCUT2D eigenvalue weighted by Gasteiger charge is 2.24. The first-order chi connectivity index (χ1) is 11.2. The topological polar surface area (TPSA) is 64.6 Å². The molecule has 0 amide bonds. The van der Waals surface area contributed by atoms with Gasteiger partial charge in [0, 0.05) is 6.07 Å². The van der Waals surface area contributed by atoms with E-state index in [-0.39, 0.29) is 6.79 Å². The Morgan fingerprint density at radius 1 is 0.833 bits per heavy atom. The average Bonchev–Trinajstić information content (AvgIpc) is 2.98. The lowest BCUT2D eigenvalue weighted by Crippen LogP contribution is -2.17. The van der Waals surface area contributed by atoms with Crippen molar-refractivity contribution in [1.82, 2.24) is 0 Å². The zero-order valence-electron chi connectivity index (χ0n) is 14.5. The first-order valence-electron chi connectivity index (χ1n) is 7.72. The smallest absolute Gasteiger partial charge is 0.262 e. The number of benzene rings is 2. The summed E-state index contributed by atoms with van der Waals surface area (Å²) < 4.78 is 39.2. The molecular weight excluding hydrogens is 326 g/mol. The molecule has 0 unspecified atom stereocenters. The monoisotopic (exact) mass is 347 g/mol. The molecule has 2 aromatic rings. The van der Waals surface area contributed by atoms with Crippen molar-refractivity contribution in [2.75, 3.05) is 11.5 Å². The molecule has 3 rings (SSSR count). The highest BCUT2D eigenvalue weighted by molar-refractivity contribution is 7.92. The third-order valence-corrected chi connectivity index (χ3v) is 6.48. The Bertz CT molecular complexity index is 904. The van der Waals surface area contributed by atoms with Crippen LogP contribution in [0.5, 0.6) is 11.5 Å². The van der Waals surface area contributed by atoms with Crippen LogP contribution in [-0.2, 0) is 10.0 Å². The summed E-state index contributed by atoms with van der Waals surface area (Å²) in [6.07, 6.45) is 0. The third-order valence-electron chi connectivity index (χ3n) is 4.82. The summed E-state index contributed by atoms with van der Waals surface area (Å²) in [6, 6.07) is 5.01. The number of sulfonamides is 1. The van der Waals surface area contributed by atoms with Crippen molar-refractivity contribution in [3.63, 3.8) is 0 Å². The Hall–Kier alpha value is -2.21. The van der Waals surface area contributed by atoms with E-state index in [0.29, 0.717) is 22.1 Å². The van der Waals surface area contributed by atoms with Gasteiger partial charge in [-0.25, -0.2) is 8.42 Å². The lowest BCUT2D eigenvalue weighted by Gasteiger charge is -2.19. The summed E-state index contributed by atoms with van der Waals surface area (Å²) in [5.74, 6) is 1.16. The van der Waals surface area contributed by atoms with Crippen molar-refractivity contribution >= 4 is 15.7 Å². The van der Waals surface area contributed by atoms with Crippen molar-refractivity contribution in [1.29, 1.82) is 0 Å². The van der Waals surface area contributed by atoms with Crippen LogP contribution in [0, 0.1) is 34.6 Å². The second-order valence-electron chi connectivity index (χ2n) is 6.13. The van der Waals surface area contributed by atoms with E-state index < -0.39 is 10.0 Å². The standard InChI is InChI=1S/C18H21NO4S/c1-10-11(2)13(4)18(14(5)12(10)3)24(20,21)19-15-6-7-16-17(8-15)23-9-22-16/h6-8,19H,9H2,1-5H3. The van der Waals surface area contributed by atoms with E-state index in [2.05, 4.69) is 4.72 Å². The number of nitrogens with one attached hydrogen (secondary N) is 1. The van der Waals surface area contributed by atoms with Gasteiger partial charge in [-0.1, -0.05) is 0 Å². The van der Waals surface area contributed by atoms with Gasteiger partial charge in [0.15, 0.2) is 11.5 Å². The van der Waals surface area contributed by atoms with Gasteiger partial charge in [-0.05, 0) is 74.6 Å². The second-order valence-corrected chi connectivity index (χ2v) is 7.75. The molecule has 0 saturated carbocycles. The average molecular weight is 347 g/mol. The van der Waals surface area contributed by atoms with Crippen LogP contribution >= 0.6 is 0 Å². The zero-order chi connectivity index (χ0) is 17.6. The molecule has 128 valence electrons. The summed E-state index contributed by atoms with van der Waals surface area (Å²) in [5.41, 5.74) is 5.15. The van der Waals surface area contributed by atoms with Crippen LogP contribution in [0.15, 0.2) is 23.1 Å². The summed E-state index contributed by atoms with van der Waals surface area (Å²) in [4.78, 5) is 0.348. The van der Waals surface area contributed by atoms with E-state index in [1.54, 1.807) is 18.2 Å². The molecule has 0 atom stereocenters. The number of ether oxygens (including phenoxy) is 2.